The van der Waals surface area contributed by atoms with Crippen LogP contribution in [0, 0.1) is 5.92 Å². The molecule has 0 fully saturated rings. The molecule has 0 heterocycles. The summed E-state index contributed by atoms with van der Waals surface area (Å²) in [5.74, 6) is -0.122. The van der Waals surface area contributed by atoms with Crippen molar-refractivity contribution in [3.63, 3.8) is 0 Å². The molecule has 21 heavy (non-hydrogen) atoms. The Labute approximate surface area is 127 Å². The van der Waals surface area contributed by atoms with Gasteiger partial charge in [-0.3, -0.25) is 9.59 Å². The highest BCUT2D eigenvalue weighted by atomic mass is 16.6. The second kappa shape index (κ2) is 15.3. The maximum Gasteiger partial charge on any atom is 0.308 e. The Morgan fingerprint density at radius 1 is 1.00 bits per heavy atom. The summed E-state index contributed by atoms with van der Waals surface area (Å²) >= 11 is 0. The van der Waals surface area contributed by atoms with Crippen LogP contribution in [-0.2, 0) is 28.5 Å². The van der Waals surface area contributed by atoms with Crippen molar-refractivity contribution in [3.05, 3.63) is 0 Å². The summed E-state index contributed by atoms with van der Waals surface area (Å²) in [4.78, 5) is 21.6. The van der Waals surface area contributed by atoms with Crippen LogP contribution in [0.25, 0.3) is 0 Å². The summed E-state index contributed by atoms with van der Waals surface area (Å²) in [7, 11) is 0. The van der Waals surface area contributed by atoms with Crippen LogP contribution in [0.2, 0.25) is 0 Å². The van der Waals surface area contributed by atoms with Crippen LogP contribution in [0.5, 0.6) is 0 Å². The number of rotatable bonds is 15. The van der Waals surface area contributed by atoms with Gasteiger partial charge in [0, 0.05) is 0 Å². The third-order valence-electron chi connectivity index (χ3n) is 2.99. The van der Waals surface area contributed by atoms with E-state index < -0.39 is 0 Å². The quantitative estimate of drug-likeness (QED) is 0.262. The minimum Gasteiger partial charge on any atom is -0.465 e. The van der Waals surface area contributed by atoms with E-state index in [1.807, 2.05) is 6.92 Å². The van der Waals surface area contributed by atoms with Crippen molar-refractivity contribution in [3.8, 4) is 0 Å². The van der Waals surface area contributed by atoms with Gasteiger partial charge in [-0.25, -0.2) is 0 Å². The van der Waals surface area contributed by atoms with Gasteiger partial charge in [0.2, 0.25) is 0 Å². The van der Waals surface area contributed by atoms with E-state index in [1.54, 1.807) is 0 Å². The smallest absolute Gasteiger partial charge is 0.308 e. The van der Waals surface area contributed by atoms with E-state index in [-0.39, 0.29) is 25.1 Å². The monoisotopic (exact) mass is 304 g/mol. The molecule has 0 radical (unpaired) electrons. The Bertz CT molecular complexity index is 257. The number of hydrogen-bond acceptors (Lipinski definition) is 6. The number of hydrogen-bond donors (Lipinski definition) is 0. The largest absolute Gasteiger partial charge is 0.465 e. The van der Waals surface area contributed by atoms with E-state index in [0.717, 1.165) is 25.7 Å². The van der Waals surface area contributed by atoms with Gasteiger partial charge >= 0.3 is 5.97 Å². The van der Waals surface area contributed by atoms with E-state index in [9.17, 15) is 9.59 Å². The van der Waals surface area contributed by atoms with Gasteiger partial charge in [0.15, 0.2) is 0 Å². The number of carbonyl (C=O) groups is 2. The van der Waals surface area contributed by atoms with E-state index in [1.165, 1.54) is 0 Å². The number of unbranched alkanes of at least 4 members (excludes halogenated alkanes) is 1. The average molecular weight is 304 g/mol. The molecule has 0 N–H and O–H groups in total. The van der Waals surface area contributed by atoms with Crippen molar-refractivity contribution >= 4 is 12.4 Å². The standard InChI is InChI=1S/C15H28O6/c1-3-5-6-14(4-2)15(17)21-12-11-19-8-7-18-9-10-20-13-16/h13-14H,3-12H2,1-2H3. The third kappa shape index (κ3) is 12.3. The first-order valence-corrected chi connectivity index (χ1v) is 7.63. The molecule has 124 valence electrons. The second-order valence-corrected chi connectivity index (χ2v) is 4.61. The van der Waals surface area contributed by atoms with Crippen molar-refractivity contribution in [1.82, 2.24) is 0 Å². The van der Waals surface area contributed by atoms with Crippen LogP contribution < -0.4 is 0 Å². The van der Waals surface area contributed by atoms with Crippen LogP contribution >= 0.6 is 0 Å². The van der Waals surface area contributed by atoms with Gasteiger partial charge < -0.3 is 18.9 Å². The predicted octanol–water partition coefficient (Wildman–Crippen LogP) is 1.95. The minimum atomic E-state index is -0.128. The Kier molecular flexibility index (Phi) is 14.4. The molecule has 0 spiro atoms. The molecule has 6 heteroatoms. The minimum absolute atomic E-state index is 0.00565. The van der Waals surface area contributed by atoms with Gasteiger partial charge in [-0.1, -0.05) is 26.7 Å². The number of esters is 1. The molecule has 0 bridgehead atoms. The molecule has 1 atom stereocenters. The molecule has 0 aliphatic heterocycles. The third-order valence-corrected chi connectivity index (χ3v) is 2.99. The molecule has 0 amide bonds. The topological polar surface area (TPSA) is 71.1 Å². The fourth-order valence-corrected chi connectivity index (χ4v) is 1.74. The van der Waals surface area contributed by atoms with Crippen LogP contribution in [-0.4, -0.2) is 52.1 Å². The fourth-order valence-electron chi connectivity index (χ4n) is 1.74. The van der Waals surface area contributed by atoms with Crippen molar-refractivity contribution in [2.45, 2.75) is 39.5 Å². The maximum atomic E-state index is 11.8. The number of carbonyl (C=O) groups excluding carboxylic acids is 2. The first-order valence-electron chi connectivity index (χ1n) is 7.63. The SMILES string of the molecule is CCCCC(CC)C(=O)OCCOCCOCCOC=O. The highest BCUT2D eigenvalue weighted by Gasteiger charge is 2.16. The van der Waals surface area contributed by atoms with E-state index in [0.29, 0.717) is 32.9 Å². The molecule has 0 aliphatic rings. The molecule has 0 aliphatic carbocycles. The summed E-state index contributed by atoms with van der Waals surface area (Å²) in [5, 5.41) is 0. The lowest BCUT2D eigenvalue weighted by Crippen LogP contribution is -2.20. The molecule has 1 unspecified atom stereocenters. The van der Waals surface area contributed by atoms with Gasteiger partial charge in [-0.05, 0) is 12.8 Å². The highest BCUT2D eigenvalue weighted by molar-refractivity contribution is 5.72. The molecule has 0 aromatic rings. The van der Waals surface area contributed by atoms with Gasteiger partial charge in [0.1, 0.15) is 13.2 Å². The first-order chi connectivity index (χ1) is 10.3. The van der Waals surface area contributed by atoms with Crippen molar-refractivity contribution in [2.75, 3.05) is 39.6 Å². The lowest BCUT2D eigenvalue weighted by molar-refractivity contribution is -0.150. The molecule has 0 aromatic carbocycles. The Morgan fingerprint density at radius 3 is 2.19 bits per heavy atom. The van der Waals surface area contributed by atoms with Gasteiger partial charge in [0.05, 0.1) is 32.3 Å². The predicted molar refractivity (Wildman–Crippen MR) is 77.9 cm³/mol. The lowest BCUT2D eigenvalue weighted by Gasteiger charge is -2.13. The summed E-state index contributed by atoms with van der Waals surface area (Å²) < 4.78 is 20.1. The fraction of sp³-hybridized carbons (Fsp3) is 0.867. The summed E-state index contributed by atoms with van der Waals surface area (Å²) in [6.07, 6.45) is 3.85. The van der Waals surface area contributed by atoms with E-state index in [2.05, 4.69) is 11.7 Å². The molecule has 6 nitrogen and oxygen atoms in total. The van der Waals surface area contributed by atoms with Gasteiger partial charge in [-0.15, -0.1) is 0 Å². The highest BCUT2D eigenvalue weighted by Crippen LogP contribution is 2.14. The van der Waals surface area contributed by atoms with Crippen LogP contribution in [0.3, 0.4) is 0 Å². The zero-order chi connectivity index (χ0) is 15.8. The van der Waals surface area contributed by atoms with Gasteiger partial charge in [0.25, 0.3) is 6.47 Å². The maximum absolute atomic E-state index is 11.8. The Balaban J connectivity index is 3.40. The van der Waals surface area contributed by atoms with Crippen LogP contribution in [0.15, 0.2) is 0 Å². The van der Waals surface area contributed by atoms with Crippen LogP contribution in [0.1, 0.15) is 39.5 Å². The zero-order valence-corrected chi connectivity index (χ0v) is 13.2. The molecule has 0 saturated heterocycles. The van der Waals surface area contributed by atoms with E-state index >= 15 is 0 Å². The molecular formula is C15H28O6. The molecular weight excluding hydrogens is 276 g/mol. The summed E-state index contributed by atoms with van der Waals surface area (Å²) in [5.41, 5.74) is 0. The summed E-state index contributed by atoms with van der Waals surface area (Å²) in [6, 6.07) is 0. The van der Waals surface area contributed by atoms with E-state index in [4.69, 9.17) is 14.2 Å². The molecule has 0 aromatic heterocycles. The van der Waals surface area contributed by atoms with Crippen molar-refractivity contribution in [1.29, 1.82) is 0 Å². The molecule has 0 saturated carbocycles. The number of ether oxygens (including phenoxy) is 4. The zero-order valence-electron chi connectivity index (χ0n) is 13.2. The first kappa shape index (κ1) is 19.9. The Morgan fingerprint density at radius 2 is 1.62 bits per heavy atom. The average Bonchev–Trinajstić information content (AvgIpc) is 2.50. The summed E-state index contributed by atoms with van der Waals surface area (Å²) in [6.45, 7) is 6.58. The molecule has 0 rings (SSSR count). The Hall–Kier alpha value is -1.14. The van der Waals surface area contributed by atoms with Crippen molar-refractivity contribution in [2.24, 2.45) is 5.92 Å². The van der Waals surface area contributed by atoms with Gasteiger partial charge in [-0.2, -0.15) is 0 Å². The normalized spacial score (nSPS) is 11.9. The van der Waals surface area contributed by atoms with Crippen LogP contribution in [0.4, 0.5) is 0 Å². The second-order valence-electron chi connectivity index (χ2n) is 4.61. The van der Waals surface area contributed by atoms with Crippen molar-refractivity contribution < 1.29 is 28.5 Å². The lowest BCUT2D eigenvalue weighted by atomic mass is 10.00.